The Morgan fingerprint density at radius 3 is 2.24 bits per heavy atom. The zero-order chi connectivity index (χ0) is 28.8. The van der Waals surface area contributed by atoms with Crippen molar-refractivity contribution in [2.45, 2.75) is 105 Å². The molecule has 9 heteroatoms. The van der Waals surface area contributed by atoms with Crippen molar-refractivity contribution >= 4 is 23.7 Å². The zero-order valence-corrected chi connectivity index (χ0v) is 25.0. The number of nitrogens with zero attached hydrogens (tertiary/aromatic N) is 3. The van der Waals surface area contributed by atoms with Crippen molar-refractivity contribution in [1.29, 1.82) is 0 Å². The second-order valence-corrected chi connectivity index (χ2v) is 12.2. The molecule has 0 aromatic heterocycles. The van der Waals surface area contributed by atoms with Gasteiger partial charge in [-0.1, -0.05) is 47.1 Å². The highest BCUT2D eigenvalue weighted by Gasteiger charge is 2.40. The van der Waals surface area contributed by atoms with Crippen molar-refractivity contribution in [2.75, 3.05) is 33.8 Å². The van der Waals surface area contributed by atoms with Crippen molar-refractivity contribution < 1.29 is 23.9 Å². The molecule has 2 aliphatic rings. The van der Waals surface area contributed by atoms with Crippen LogP contribution in [0.15, 0.2) is 11.6 Å². The highest BCUT2D eigenvalue weighted by atomic mass is 16.5. The van der Waals surface area contributed by atoms with Crippen LogP contribution in [-0.2, 0) is 23.9 Å². The number of nitrogens with one attached hydrogen (secondary N) is 1. The van der Waals surface area contributed by atoms with Gasteiger partial charge in [0.05, 0.1) is 18.7 Å². The average Bonchev–Trinajstić information content (AvgIpc) is 3.34. The predicted octanol–water partition coefficient (Wildman–Crippen LogP) is 2.99. The van der Waals surface area contributed by atoms with Crippen LogP contribution in [0, 0.1) is 11.3 Å². The van der Waals surface area contributed by atoms with Crippen molar-refractivity contribution in [3.63, 3.8) is 0 Å². The Kier molecular flexibility index (Phi) is 11.4. The molecular weight excluding hydrogens is 484 g/mol. The summed E-state index contributed by atoms with van der Waals surface area (Å²) in [7, 11) is 3.69. The lowest BCUT2D eigenvalue weighted by molar-refractivity contribution is -0.152. The third-order valence-electron chi connectivity index (χ3n) is 7.78. The fourth-order valence-electron chi connectivity index (χ4n) is 5.44. The summed E-state index contributed by atoms with van der Waals surface area (Å²) in [5.74, 6) is -0.868. The van der Waals surface area contributed by atoms with Crippen molar-refractivity contribution in [1.82, 2.24) is 20.0 Å². The van der Waals surface area contributed by atoms with E-state index in [0.29, 0.717) is 18.5 Å². The van der Waals surface area contributed by atoms with Gasteiger partial charge in [0.1, 0.15) is 12.1 Å². The lowest BCUT2D eigenvalue weighted by Crippen LogP contribution is -2.59. The summed E-state index contributed by atoms with van der Waals surface area (Å²) in [6, 6.07) is -1.89. The van der Waals surface area contributed by atoms with Gasteiger partial charge >= 0.3 is 5.97 Å². The first-order valence-corrected chi connectivity index (χ1v) is 14.1. The van der Waals surface area contributed by atoms with Crippen LogP contribution in [-0.4, -0.2) is 96.3 Å². The smallest absolute Gasteiger partial charge is 0.328 e. The molecule has 0 aliphatic carbocycles. The molecule has 2 aliphatic heterocycles. The maximum Gasteiger partial charge on any atom is 0.328 e. The van der Waals surface area contributed by atoms with Crippen LogP contribution >= 0.6 is 0 Å². The number of hydrogen-bond donors (Lipinski definition) is 1. The molecule has 216 valence electrons. The maximum absolute atomic E-state index is 13.9. The molecule has 0 saturated carbocycles. The highest BCUT2D eigenvalue weighted by Crippen LogP contribution is 2.26. The van der Waals surface area contributed by atoms with E-state index in [1.165, 1.54) is 0 Å². The van der Waals surface area contributed by atoms with Gasteiger partial charge in [0, 0.05) is 19.2 Å². The van der Waals surface area contributed by atoms with E-state index in [0.717, 1.165) is 32.2 Å². The van der Waals surface area contributed by atoms with Gasteiger partial charge < -0.3 is 19.9 Å². The largest absolute Gasteiger partial charge is 0.464 e. The van der Waals surface area contributed by atoms with Gasteiger partial charge in [-0.25, -0.2) is 4.79 Å². The molecule has 3 amide bonds. The molecule has 1 N–H and O–H groups in total. The Morgan fingerprint density at radius 2 is 1.68 bits per heavy atom. The number of ether oxygens (including phenoxy) is 1. The molecular formula is C29H50N4O5. The second kappa shape index (κ2) is 13.6. The quantitative estimate of drug-likeness (QED) is 0.361. The monoisotopic (exact) mass is 534 g/mol. The normalized spacial score (nSPS) is 22.7. The molecule has 2 saturated heterocycles. The van der Waals surface area contributed by atoms with E-state index >= 15 is 0 Å². The predicted molar refractivity (Wildman–Crippen MR) is 148 cm³/mol. The number of carbonyl (C=O) groups is 4. The van der Waals surface area contributed by atoms with Gasteiger partial charge in [-0.05, 0) is 64.5 Å². The fraction of sp³-hybridized carbons (Fsp3) is 0.793. The molecule has 0 bridgehead atoms. The van der Waals surface area contributed by atoms with Gasteiger partial charge in [0.15, 0.2) is 0 Å². The third-order valence-corrected chi connectivity index (χ3v) is 7.78. The summed E-state index contributed by atoms with van der Waals surface area (Å²) in [6.07, 6.45) is 6.01. The molecule has 2 fully saturated rings. The van der Waals surface area contributed by atoms with Crippen LogP contribution in [0.25, 0.3) is 0 Å². The van der Waals surface area contributed by atoms with Crippen LogP contribution in [0.5, 0.6) is 0 Å². The van der Waals surface area contributed by atoms with Gasteiger partial charge in [-0.15, -0.1) is 0 Å². The van der Waals surface area contributed by atoms with E-state index in [9.17, 15) is 19.2 Å². The van der Waals surface area contributed by atoms with Crippen molar-refractivity contribution in [2.24, 2.45) is 11.3 Å². The molecule has 0 radical (unpaired) electrons. The van der Waals surface area contributed by atoms with E-state index in [2.05, 4.69) is 10.2 Å². The summed E-state index contributed by atoms with van der Waals surface area (Å²) in [6.45, 7) is 15.0. The van der Waals surface area contributed by atoms with Gasteiger partial charge in [0.2, 0.25) is 17.7 Å². The average molecular weight is 535 g/mol. The van der Waals surface area contributed by atoms with E-state index in [1.807, 2.05) is 47.7 Å². The standard InChI is InChI=1S/C29H50N4O5/c1-10-38-28(37)22-15-13-17-33(22)26(35)20(4)18-23(19(2)3)32(9)27(36)24(29(5,6)7)30-25(34)21-14-11-12-16-31(21)8/h18-19,21-24H,10-17H2,1-9H3,(H,30,34)/t21-,22+,23-,24-/m1/s1. The SMILES string of the molecule is CCOC(=O)[C@@H]1CCCN1C(=O)C(C)=C[C@H](C(C)C)N(C)C(=O)[C@@H](NC(=O)[C@H]1CCCCN1C)C(C)(C)C. The number of piperidine rings is 1. The van der Waals surface area contributed by atoms with E-state index < -0.39 is 17.5 Å². The Bertz CT molecular complexity index is 894. The number of rotatable bonds is 9. The van der Waals surface area contributed by atoms with Crippen LogP contribution in [0.2, 0.25) is 0 Å². The lowest BCUT2D eigenvalue weighted by atomic mass is 9.84. The van der Waals surface area contributed by atoms with Gasteiger partial charge in [-0.2, -0.15) is 0 Å². The number of amides is 3. The maximum atomic E-state index is 13.9. The molecule has 0 aromatic rings. The third kappa shape index (κ3) is 7.80. The molecule has 9 nitrogen and oxygen atoms in total. The van der Waals surface area contributed by atoms with E-state index in [1.54, 1.807) is 30.7 Å². The highest BCUT2D eigenvalue weighted by molar-refractivity contribution is 5.96. The van der Waals surface area contributed by atoms with Crippen LogP contribution in [0.3, 0.4) is 0 Å². The Hall–Kier alpha value is -2.42. The summed E-state index contributed by atoms with van der Waals surface area (Å²) in [5.41, 5.74) is -0.0213. The Labute approximate surface area is 229 Å². The zero-order valence-electron chi connectivity index (χ0n) is 25.0. The van der Waals surface area contributed by atoms with Gasteiger partial charge in [0.25, 0.3) is 0 Å². The lowest BCUT2D eigenvalue weighted by Gasteiger charge is -2.39. The Balaban J connectivity index is 2.24. The van der Waals surface area contributed by atoms with Crippen molar-refractivity contribution in [3.8, 4) is 0 Å². The number of hydrogen-bond acceptors (Lipinski definition) is 6. The fourth-order valence-corrected chi connectivity index (χ4v) is 5.44. The van der Waals surface area contributed by atoms with Crippen LogP contribution in [0.4, 0.5) is 0 Å². The minimum atomic E-state index is -0.715. The molecule has 0 unspecified atom stereocenters. The molecule has 0 aromatic carbocycles. The summed E-state index contributed by atoms with van der Waals surface area (Å²) in [4.78, 5) is 58.1. The van der Waals surface area contributed by atoms with Crippen LogP contribution < -0.4 is 5.32 Å². The molecule has 0 spiro atoms. The summed E-state index contributed by atoms with van der Waals surface area (Å²) >= 11 is 0. The Morgan fingerprint density at radius 1 is 1.05 bits per heavy atom. The second-order valence-electron chi connectivity index (χ2n) is 12.2. The first-order chi connectivity index (χ1) is 17.7. The number of esters is 1. The molecule has 2 heterocycles. The van der Waals surface area contributed by atoms with Gasteiger partial charge in [-0.3, -0.25) is 19.3 Å². The first-order valence-electron chi connectivity index (χ1n) is 14.1. The summed E-state index contributed by atoms with van der Waals surface area (Å²) < 4.78 is 5.17. The van der Waals surface area contributed by atoms with Crippen LogP contribution in [0.1, 0.15) is 80.6 Å². The van der Waals surface area contributed by atoms with Crippen molar-refractivity contribution in [3.05, 3.63) is 11.6 Å². The topological polar surface area (TPSA) is 99.3 Å². The summed E-state index contributed by atoms with van der Waals surface area (Å²) in [5, 5.41) is 3.06. The number of carbonyl (C=O) groups excluding carboxylic acids is 4. The van der Waals surface area contributed by atoms with E-state index in [4.69, 9.17) is 4.74 Å². The number of likely N-dealkylation sites (N-methyl/N-ethyl adjacent to an activating group) is 2. The molecule has 38 heavy (non-hydrogen) atoms. The van der Waals surface area contributed by atoms with E-state index in [-0.39, 0.29) is 48.3 Å². The minimum absolute atomic E-state index is 0.0203. The molecule has 4 atom stereocenters. The molecule has 2 rings (SSSR count). The minimum Gasteiger partial charge on any atom is -0.464 e. The first kappa shape index (κ1) is 31.8. The number of likely N-dealkylation sites (tertiary alicyclic amines) is 2.